The lowest BCUT2D eigenvalue weighted by atomic mass is 10.0. The van der Waals surface area contributed by atoms with Gasteiger partial charge in [0, 0.05) is 24.5 Å². The van der Waals surface area contributed by atoms with Crippen molar-refractivity contribution in [2.45, 2.75) is 26.2 Å². The van der Waals surface area contributed by atoms with Crippen LogP contribution in [-0.4, -0.2) is 18.3 Å². The Balaban J connectivity index is 2.15. The lowest BCUT2D eigenvalue weighted by molar-refractivity contribution is -0.117. The van der Waals surface area contributed by atoms with Crippen LogP contribution in [0.3, 0.4) is 0 Å². The molecule has 0 N–H and O–H groups in total. The van der Waals surface area contributed by atoms with Crippen molar-refractivity contribution in [2.75, 3.05) is 17.3 Å². The monoisotopic (exact) mass is 251 g/mol. The standard InChI is InChI=1S/C14H18ClNO/c1-10(2)12-3-5-13(6-4-12)16-9-11(8-15)7-14(16)17/h3-6,10-11H,7-9H2,1-2H3. The zero-order valence-corrected chi connectivity index (χ0v) is 11.1. The molecule has 2 rings (SSSR count). The lowest BCUT2D eigenvalue weighted by Gasteiger charge is -2.17. The van der Waals surface area contributed by atoms with Crippen molar-refractivity contribution in [2.24, 2.45) is 5.92 Å². The third-order valence-electron chi connectivity index (χ3n) is 3.29. The third-order valence-corrected chi connectivity index (χ3v) is 3.73. The topological polar surface area (TPSA) is 20.3 Å². The molecule has 0 aliphatic carbocycles. The number of carbonyl (C=O) groups is 1. The van der Waals surface area contributed by atoms with Crippen LogP contribution in [-0.2, 0) is 4.79 Å². The summed E-state index contributed by atoms with van der Waals surface area (Å²) in [6.45, 7) is 5.09. The molecule has 0 bridgehead atoms. The lowest BCUT2D eigenvalue weighted by Crippen LogP contribution is -2.24. The number of hydrogen-bond acceptors (Lipinski definition) is 1. The molecule has 1 fully saturated rings. The van der Waals surface area contributed by atoms with Gasteiger partial charge >= 0.3 is 0 Å². The molecular formula is C14H18ClNO. The number of benzene rings is 1. The molecule has 2 nitrogen and oxygen atoms in total. The van der Waals surface area contributed by atoms with Crippen molar-refractivity contribution in [1.29, 1.82) is 0 Å². The van der Waals surface area contributed by atoms with Crippen molar-refractivity contribution in [1.82, 2.24) is 0 Å². The smallest absolute Gasteiger partial charge is 0.227 e. The van der Waals surface area contributed by atoms with E-state index in [-0.39, 0.29) is 5.91 Å². The first kappa shape index (κ1) is 12.4. The molecular weight excluding hydrogens is 234 g/mol. The summed E-state index contributed by atoms with van der Waals surface area (Å²) in [5.74, 6) is 1.57. The van der Waals surface area contributed by atoms with Gasteiger partial charge in [-0.15, -0.1) is 11.6 Å². The molecule has 1 unspecified atom stereocenters. The third kappa shape index (κ3) is 2.63. The van der Waals surface area contributed by atoms with E-state index in [0.717, 1.165) is 12.2 Å². The van der Waals surface area contributed by atoms with E-state index in [1.165, 1.54) is 5.56 Å². The first-order chi connectivity index (χ1) is 8.11. The largest absolute Gasteiger partial charge is 0.312 e. The molecule has 1 amide bonds. The maximum atomic E-state index is 11.8. The minimum Gasteiger partial charge on any atom is -0.312 e. The summed E-state index contributed by atoms with van der Waals surface area (Å²) in [5.41, 5.74) is 2.29. The average molecular weight is 252 g/mol. The molecule has 1 saturated heterocycles. The number of amides is 1. The number of hydrogen-bond donors (Lipinski definition) is 0. The van der Waals surface area contributed by atoms with Crippen molar-refractivity contribution in [3.8, 4) is 0 Å². The average Bonchev–Trinajstić information content (AvgIpc) is 2.71. The molecule has 1 atom stereocenters. The predicted octanol–water partition coefficient (Wildman–Crippen LogP) is 3.40. The van der Waals surface area contributed by atoms with Crippen LogP contribution in [0.15, 0.2) is 24.3 Å². The van der Waals surface area contributed by atoms with Gasteiger partial charge in [-0.2, -0.15) is 0 Å². The number of anilines is 1. The van der Waals surface area contributed by atoms with E-state index in [2.05, 4.69) is 26.0 Å². The number of alkyl halides is 1. The Bertz CT molecular complexity index is 399. The van der Waals surface area contributed by atoms with Gasteiger partial charge in [-0.3, -0.25) is 4.79 Å². The Labute approximate surface area is 108 Å². The molecule has 1 heterocycles. The van der Waals surface area contributed by atoms with Crippen molar-refractivity contribution >= 4 is 23.2 Å². The van der Waals surface area contributed by atoms with Gasteiger partial charge in [0.1, 0.15) is 0 Å². The molecule has 1 aliphatic rings. The summed E-state index contributed by atoms with van der Waals surface area (Å²) in [6, 6.07) is 8.26. The zero-order chi connectivity index (χ0) is 12.4. The highest BCUT2D eigenvalue weighted by Crippen LogP contribution is 2.27. The van der Waals surface area contributed by atoms with Gasteiger partial charge in [-0.05, 0) is 29.5 Å². The second-order valence-corrected chi connectivity index (χ2v) is 5.28. The molecule has 3 heteroatoms. The van der Waals surface area contributed by atoms with Crippen LogP contribution in [0.1, 0.15) is 31.7 Å². The Kier molecular flexibility index (Phi) is 3.72. The molecule has 1 aromatic carbocycles. The fourth-order valence-electron chi connectivity index (χ4n) is 2.17. The normalized spacial score (nSPS) is 20.4. The maximum absolute atomic E-state index is 11.8. The summed E-state index contributed by atoms with van der Waals surface area (Å²) in [7, 11) is 0. The second-order valence-electron chi connectivity index (χ2n) is 4.98. The molecule has 0 spiro atoms. The molecule has 92 valence electrons. The van der Waals surface area contributed by atoms with Gasteiger partial charge in [0.2, 0.25) is 5.91 Å². The Morgan fingerprint density at radius 1 is 1.35 bits per heavy atom. The Morgan fingerprint density at radius 2 is 2.00 bits per heavy atom. The fourth-order valence-corrected chi connectivity index (χ4v) is 2.38. The van der Waals surface area contributed by atoms with Gasteiger partial charge in [-0.1, -0.05) is 26.0 Å². The summed E-state index contributed by atoms with van der Waals surface area (Å²) in [4.78, 5) is 13.7. The summed E-state index contributed by atoms with van der Waals surface area (Å²) in [6.07, 6.45) is 0.579. The fraction of sp³-hybridized carbons (Fsp3) is 0.500. The van der Waals surface area contributed by atoms with Crippen molar-refractivity contribution in [3.63, 3.8) is 0 Å². The van der Waals surface area contributed by atoms with Crippen LogP contribution in [0.2, 0.25) is 0 Å². The highest BCUT2D eigenvalue weighted by atomic mass is 35.5. The van der Waals surface area contributed by atoms with Crippen molar-refractivity contribution in [3.05, 3.63) is 29.8 Å². The first-order valence-electron chi connectivity index (χ1n) is 6.08. The minimum absolute atomic E-state index is 0.188. The quantitative estimate of drug-likeness (QED) is 0.754. The molecule has 0 radical (unpaired) electrons. The summed E-state index contributed by atoms with van der Waals surface area (Å²) in [5, 5.41) is 0. The van der Waals surface area contributed by atoms with Gasteiger partial charge in [0.15, 0.2) is 0 Å². The van der Waals surface area contributed by atoms with E-state index >= 15 is 0 Å². The minimum atomic E-state index is 0.188. The van der Waals surface area contributed by atoms with Crippen molar-refractivity contribution < 1.29 is 4.79 Å². The molecule has 17 heavy (non-hydrogen) atoms. The van der Waals surface area contributed by atoms with Gasteiger partial charge in [-0.25, -0.2) is 0 Å². The number of nitrogens with zero attached hydrogens (tertiary/aromatic N) is 1. The number of carbonyl (C=O) groups excluding carboxylic acids is 1. The van der Waals surface area contributed by atoms with E-state index in [4.69, 9.17) is 11.6 Å². The highest BCUT2D eigenvalue weighted by Gasteiger charge is 2.29. The predicted molar refractivity (Wildman–Crippen MR) is 71.7 cm³/mol. The zero-order valence-electron chi connectivity index (χ0n) is 10.3. The summed E-state index contributed by atoms with van der Waals surface area (Å²) < 4.78 is 0. The van der Waals surface area contributed by atoms with Crippen LogP contribution >= 0.6 is 11.6 Å². The van der Waals surface area contributed by atoms with Crippen LogP contribution in [0.4, 0.5) is 5.69 Å². The van der Waals surface area contributed by atoms with E-state index in [1.807, 2.05) is 17.0 Å². The Morgan fingerprint density at radius 3 is 2.47 bits per heavy atom. The number of rotatable bonds is 3. The highest BCUT2D eigenvalue weighted by molar-refractivity contribution is 6.18. The molecule has 0 aromatic heterocycles. The van der Waals surface area contributed by atoms with E-state index in [9.17, 15) is 4.79 Å². The molecule has 1 aliphatic heterocycles. The maximum Gasteiger partial charge on any atom is 0.227 e. The van der Waals surface area contributed by atoms with Crippen LogP contribution in [0.5, 0.6) is 0 Å². The van der Waals surface area contributed by atoms with Gasteiger partial charge in [0.25, 0.3) is 0 Å². The first-order valence-corrected chi connectivity index (χ1v) is 6.61. The summed E-state index contributed by atoms with van der Waals surface area (Å²) >= 11 is 5.81. The van der Waals surface area contributed by atoms with Gasteiger partial charge < -0.3 is 4.90 Å². The van der Waals surface area contributed by atoms with Crippen LogP contribution in [0, 0.1) is 5.92 Å². The van der Waals surface area contributed by atoms with Gasteiger partial charge in [0.05, 0.1) is 0 Å². The number of halogens is 1. The van der Waals surface area contributed by atoms with E-state index < -0.39 is 0 Å². The SMILES string of the molecule is CC(C)c1ccc(N2CC(CCl)CC2=O)cc1. The van der Waals surface area contributed by atoms with Crippen LogP contribution < -0.4 is 4.90 Å². The molecule has 0 saturated carbocycles. The Hall–Kier alpha value is -1.02. The second kappa shape index (κ2) is 5.09. The van der Waals surface area contributed by atoms with Crippen LogP contribution in [0.25, 0.3) is 0 Å². The molecule has 1 aromatic rings. The van der Waals surface area contributed by atoms with E-state index in [0.29, 0.717) is 24.1 Å². The van der Waals surface area contributed by atoms with E-state index in [1.54, 1.807) is 0 Å².